The van der Waals surface area contributed by atoms with E-state index in [9.17, 15) is 4.79 Å². The summed E-state index contributed by atoms with van der Waals surface area (Å²) in [6.07, 6.45) is 5.83. The van der Waals surface area contributed by atoms with Gasteiger partial charge in [0.15, 0.2) is 0 Å². The van der Waals surface area contributed by atoms with Crippen molar-refractivity contribution in [1.29, 1.82) is 0 Å². The molecule has 0 bridgehead atoms. The highest BCUT2D eigenvalue weighted by Gasteiger charge is 2.44. The second-order valence-corrected chi connectivity index (χ2v) is 7.36. The molecule has 1 amide bonds. The van der Waals surface area contributed by atoms with Gasteiger partial charge < -0.3 is 4.90 Å². The number of likely N-dealkylation sites (tertiary alicyclic amines) is 2. The van der Waals surface area contributed by atoms with E-state index in [1.807, 2.05) is 18.0 Å². The predicted molar refractivity (Wildman–Crippen MR) is 92.7 cm³/mol. The smallest absolute Gasteiger partial charge is 0.322 e. The zero-order valence-corrected chi connectivity index (χ0v) is 14.2. The molecular formula is C19H24N4O. The van der Waals surface area contributed by atoms with Crippen molar-refractivity contribution in [3.8, 4) is 0 Å². The lowest BCUT2D eigenvalue weighted by atomic mass is 9.86. The van der Waals surface area contributed by atoms with Crippen LogP contribution in [-0.4, -0.2) is 51.8 Å². The molecule has 1 atom stereocenters. The Bertz CT molecular complexity index is 726. The van der Waals surface area contributed by atoms with Crippen LogP contribution >= 0.6 is 0 Å². The second-order valence-electron chi connectivity index (χ2n) is 7.36. The largest absolute Gasteiger partial charge is 0.344 e. The van der Waals surface area contributed by atoms with Gasteiger partial charge in [-0.05, 0) is 37.4 Å². The van der Waals surface area contributed by atoms with Gasteiger partial charge in [-0.15, -0.1) is 0 Å². The maximum absolute atomic E-state index is 12.6. The van der Waals surface area contributed by atoms with E-state index >= 15 is 0 Å². The third-order valence-electron chi connectivity index (χ3n) is 5.38. The van der Waals surface area contributed by atoms with E-state index in [-0.39, 0.29) is 11.4 Å². The molecule has 1 unspecified atom stereocenters. The highest BCUT2D eigenvalue weighted by molar-refractivity contribution is 5.76. The SMILES string of the molecule is Cc1cnn(C(=O)N2CCC3(CCN(Cc4ccccc4)C3)C2)c1. The Labute approximate surface area is 142 Å². The standard InChI is InChI=1S/C19H24N4O/c1-16-11-20-23(12-16)18(24)22-10-8-19(15-22)7-9-21(14-19)13-17-5-3-2-4-6-17/h2-6,11-12H,7-10,13-15H2,1H3. The van der Waals surface area contributed by atoms with E-state index in [1.165, 1.54) is 16.7 Å². The van der Waals surface area contributed by atoms with Crippen molar-refractivity contribution in [2.75, 3.05) is 26.2 Å². The molecule has 0 radical (unpaired) electrons. The zero-order chi connectivity index (χ0) is 16.6. The molecule has 2 aliphatic heterocycles. The average molecular weight is 324 g/mol. The van der Waals surface area contributed by atoms with Gasteiger partial charge in [0.05, 0.1) is 6.20 Å². The van der Waals surface area contributed by atoms with Crippen molar-refractivity contribution in [1.82, 2.24) is 19.6 Å². The Balaban J connectivity index is 1.38. The van der Waals surface area contributed by atoms with Crippen LogP contribution in [0.1, 0.15) is 24.0 Å². The van der Waals surface area contributed by atoms with Crippen LogP contribution in [0.25, 0.3) is 0 Å². The number of aryl methyl sites for hydroxylation is 1. The fourth-order valence-corrected chi connectivity index (χ4v) is 4.10. The molecule has 24 heavy (non-hydrogen) atoms. The molecule has 5 heteroatoms. The van der Waals surface area contributed by atoms with Crippen molar-refractivity contribution >= 4 is 6.03 Å². The predicted octanol–water partition coefficient (Wildman–Crippen LogP) is 2.76. The monoisotopic (exact) mass is 324 g/mol. The quantitative estimate of drug-likeness (QED) is 0.853. The third kappa shape index (κ3) is 2.96. The van der Waals surface area contributed by atoms with Gasteiger partial charge in [-0.3, -0.25) is 4.90 Å². The summed E-state index contributed by atoms with van der Waals surface area (Å²) in [5.41, 5.74) is 2.66. The fraction of sp³-hybridized carbons (Fsp3) is 0.474. The van der Waals surface area contributed by atoms with Gasteiger partial charge in [-0.25, -0.2) is 4.79 Å². The first kappa shape index (κ1) is 15.4. The van der Waals surface area contributed by atoms with Gasteiger partial charge in [0, 0.05) is 37.8 Å². The van der Waals surface area contributed by atoms with Crippen LogP contribution in [-0.2, 0) is 6.54 Å². The Morgan fingerprint density at radius 2 is 1.96 bits per heavy atom. The van der Waals surface area contributed by atoms with Crippen molar-refractivity contribution in [2.24, 2.45) is 5.41 Å². The molecule has 5 nitrogen and oxygen atoms in total. The lowest BCUT2D eigenvalue weighted by Crippen LogP contribution is -2.36. The van der Waals surface area contributed by atoms with Crippen LogP contribution in [0.5, 0.6) is 0 Å². The molecule has 2 aromatic rings. The van der Waals surface area contributed by atoms with Gasteiger partial charge >= 0.3 is 6.03 Å². The number of carbonyl (C=O) groups excluding carboxylic acids is 1. The van der Waals surface area contributed by atoms with E-state index in [1.54, 1.807) is 6.20 Å². The summed E-state index contributed by atoms with van der Waals surface area (Å²) in [7, 11) is 0. The Morgan fingerprint density at radius 1 is 1.17 bits per heavy atom. The number of hydrogen-bond donors (Lipinski definition) is 0. The maximum Gasteiger partial charge on any atom is 0.344 e. The zero-order valence-electron chi connectivity index (χ0n) is 14.2. The topological polar surface area (TPSA) is 41.4 Å². The molecule has 3 heterocycles. The number of nitrogens with zero attached hydrogens (tertiary/aromatic N) is 4. The van der Waals surface area contributed by atoms with Crippen molar-refractivity contribution in [2.45, 2.75) is 26.3 Å². The molecule has 2 saturated heterocycles. The van der Waals surface area contributed by atoms with Crippen LogP contribution in [0.3, 0.4) is 0 Å². The van der Waals surface area contributed by atoms with Crippen molar-refractivity contribution in [3.63, 3.8) is 0 Å². The molecule has 1 aromatic carbocycles. The van der Waals surface area contributed by atoms with E-state index in [4.69, 9.17) is 0 Å². The van der Waals surface area contributed by atoms with Gasteiger partial charge in [0.25, 0.3) is 0 Å². The molecule has 126 valence electrons. The highest BCUT2D eigenvalue weighted by Crippen LogP contribution is 2.40. The minimum absolute atomic E-state index is 0.0153. The molecule has 2 aliphatic rings. The summed E-state index contributed by atoms with van der Waals surface area (Å²) in [6.45, 7) is 6.88. The number of carbonyl (C=O) groups is 1. The summed E-state index contributed by atoms with van der Waals surface area (Å²) in [5.74, 6) is 0. The highest BCUT2D eigenvalue weighted by atomic mass is 16.2. The molecule has 0 N–H and O–H groups in total. The van der Waals surface area contributed by atoms with Gasteiger partial charge in [-0.2, -0.15) is 9.78 Å². The Morgan fingerprint density at radius 3 is 2.71 bits per heavy atom. The number of hydrogen-bond acceptors (Lipinski definition) is 3. The first-order valence-electron chi connectivity index (χ1n) is 8.70. The minimum atomic E-state index is 0.0153. The molecule has 0 aliphatic carbocycles. The molecule has 1 aromatic heterocycles. The lowest BCUT2D eigenvalue weighted by Gasteiger charge is -2.24. The van der Waals surface area contributed by atoms with Crippen LogP contribution in [0.4, 0.5) is 4.79 Å². The average Bonchev–Trinajstić information content (AvgIpc) is 3.30. The van der Waals surface area contributed by atoms with Gasteiger partial charge in [0.1, 0.15) is 0 Å². The number of rotatable bonds is 2. The summed E-state index contributed by atoms with van der Waals surface area (Å²) in [5, 5.41) is 4.16. The van der Waals surface area contributed by atoms with E-state index in [0.29, 0.717) is 0 Å². The summed E-state index contributed by atoms with van der Waals surface area (Å²) in [6, 6.07) is 10.7. The molecule has 1 spiro atoms. The number of benzene rings is 1. The number of aromatic nitrogens is 2. The normalized spacial score (nSPS) is 24.1. The molecule has 4 rings (SSSR count). The maximum atomic E-state index is 12.6. The van der Waals surface area contributed by atoms with E-state index in [0.717, 1.165) is 44.7 Å². The summed E-state index contributed by atoms with van der Waals surface area (Å²) in [4.78, 5) is 17.1. The van der Waals surface area contributed by atoms with Crippen molar-refractivity contribution in [3.05, 3.63) is 53.9 Å². The van der Waals surface area contributed by atoms with Crippen LogP contribution in [0, 0.1) is 12.3 Å². The minimum Gasteiger partial charge on any atom is -0.322 e. The van der Waals surface area contributed by atoms with Crippen LogP contribution < -0.4 is 0 Å². The molecular weight excluding hydrogens is 300 g/mol. The molecule has 2 fully saturated rings. The van der Waals surface area contributed by atoms with Crippen LogP contribution in [0.15, 0.2) is 42.7 Å². The van der Waals surface area contributed by atoms with Gasteiger partial charge in [0.2, 0.25) is 0 Å². The Kier molecular flexibility index (Phi) is 3.88. The second kappa shape index (κ2) is 6.06. The Hall–Kier alpha value is -2.14. The first-order chi connectivity index (χ1) is 11.6. The van der Waals surface area contributed by atoms with E-state index in [2.05, 4.69) is 40.3 Å². The lowest BCUT2D eigenvalue weighted by molar-refractivity contribution is 0.196. The summed E-state index contributed by atoms with van der Waals surface area (Å²) >= 11 is 0. The first-order valence-corrected chi connectivity index (χ1v) is 8.70. The van der Waals surface area contributed by atoms with Crippen LogP contribution in [0.2, 0.25) is 0 Å². The van der Waals surface area contributed by atoms with E-state index < -0.39 is 0 Å². The number of amides is 1. The van der Waals surface area contributed by atoms with Crippen molar-refractivity contribution < 1.29 is 4.79 Å². The third-order valence-corrected chi connectivity index (χ3v) is 5.38. The molecule has 0 saturated carbocycles. The van der Waals surface area contributed by atoms with Gasteiger partial charge in [-0.1, -0.05) is 30.3 Å². The fourth-order valence-electron chi connectivity index (χ4n) is 4.10. The summed E-state index contributed by atoms with van der Waals surface area (Å²) < 4.78 is 1.48.